The average Bonchev–Trinajstić information content (AvgIpc) is 3.12. The Morgan fingerprint density at radius 2 is 1.00 bits per heavy atom. The third-order valence-corrected chi connectivity index (χ3v) is 6.35. The Hall–Kier alpha value is -6.30. The van der Waals surface area contributed by atoms with E-state index in [-0.39, 0.29) is 6.79 Å². The molecule has 0 atom stereocenters. The fourth-order valence-electron chi connectivity index (χ4n) is 3.80. The number of ether oxygens (including phenoxy) is 4. The zero-order valence-electron chi connectivity index (χ0n) is 26.4. The molecule has 0 aliphatic rings. The molecule has 12 heteroatoms. The lowest BCUT2D eigenvalue weighted by molar-refractivity contribution is -0.144. The summed E-state index contributed by atoms with van der Waals surface area (Å²) in [6.45, 7) is 9.27. The van der Waals surface area contributed by atoms with E-state index >= 15 is 0 Å². The summed E-state index contributed by atoms with van der Waals surface area (Å²) in [7, 11) is 0. The molecule has 12 nitrogen and oxygen atoms in total. The predicted octanol–water partition coefficient (Wildman–Crippen LogP) is 10.2. The third kappa shape index (κ3) is 11.9. The maximum atomic E-state index is 11.1. The molecule has 0 N–H and O–H groups in total. The van der Waals surface area contributed by atoms with Crippen LogP contribution in [0.4, 0.5) is 34.1 Å². The first kappa shape index (κ1) is 34.6. The van der Waals surface area contributed by atoms with Crippen molar-refractivity contribution >= 4 is 46.1 Å². The molecule has 0 radical (unpaired) electrons. The second kappa shape index (κ2) is 18.6. The molecule has 0 saturated heterocycles. The Morgan fingerprint density at radius 1 is 0.562 bits per heavy atom. The van der Waals surface area contributed by atoms with Crippen molar-refractivity contribution in [3.8, 4) is 11.5 Å². The van der Waals surface area contributed by atoms with Gasteiger partial charge in [0.15, 0.2) is 0 Å². The molecule has 0 heterocycles. The highest BCUT2D eigenvalue weighted by molar-refractivity contribution is 5.81. The second-order valence-corrected chi connectivity index (χ2v) is 9.93. The van der Waals surface area contributed by atoms with Crippen LogP contribution in [0.15, 0.2) is 147 Å². The van der Waals surface area contributed by atoms with Crippen molar-refractivity contribution in [2.24, 2.45) is 30.7 Å². The number of esters is 2. The number of carbonyl (C=O) groups excluding carboxylic acids is 2. The Bertz CT molecular complexity index is 1770. The van der Waals surface area contributed by atoms with Gasteiger partial charge in [0.25, 0.3) is 0 Å². The normalized spacial score (nSPS) is 11.1. The predicted molar refractivity (Wildman–Crippen MR) is 181 cm³/mol. The van der Waals surface area contributed by atoms with Crippen LogP contribution in [-0.4, -0.2) is 31.9 Å². The number of benzene rings is 4. The lowest BCUT2D eigenvalue weighted by Crippen LogP contribution is -2.07. The Morgan fingerprint density at radius 3 is 1.54 bits per heavy atom. The van der Waals surface area contributed by atoms with Gasteiger partial charge in [-0.05, 0) is 116 Å². The number of unbranched alkanes of at least 4 members (excludes halogenated alkanes) is 1. The Balaban J connectivity index is 1.22. The molecule has 0 aromatic heterocycles. The molecular formula is C36H34N6O6. The summed E-state index contributed by atoms with van der Waals surface area (Å²) < 4.78 is 20.8. The first-order chi connectivity index (χ1) is 23.4. The molecule has 0 amide bonds. The minimum atomic E-state index is -0.556. The van der Waals surface area contributed by atoms with Crippen LogP contribution in [0.2, 0.25) is 0 Å². The molecule has 244 valence electrons. The van der Waals surface area contributed by atoms with Gasteiger partial charge in [0.1, 0.15) is 11.5 Å². The van der Waals surface area contributed by atoms with Gasteiger partial charge < -0.3 is 18.9 Å². The van der Waals surface area contributed by atoms with Crippen LogP contribution in [0.1, 0.15) is 18.4 Å². The average molecular weight is 647 g/mol. The SMILES string of the molecule is C=CC(=O)OCCCCOc1ccc(N=Nc2ccc(N=Nc3ccc(N=Nc4ccc(OCOC(=O)C=C)cc4)cc3)cc2C)cc1. The van der Waals surface area contributed by atoms with Crippen molar-refractivity contribution in [2.75, 3.05) is 20.0 Å². The molecule has 4 aromatic rings. The van der Waals surface area contributed by atoms with E-state index in [0.29, 0.717) is 53.8 Å². The Labute approximate surface area is 278 Å². The molecule has 4 aromatic carbocycles. The third-order valence-electron chi connectivity index (χ3n) is 6.35. The van der Waals surface area contributed by atoms with E-state index < -0.39 is 11.9 Å². The largest absolute Gasteiger partial charge is 0.494 e. The van der Waals surface area contributed by atoms with Gasteiger partial charge in [0, 0.05) is 12.2 Å². The summed E-state index contributed by atoms with van der Waals surface area (Å²) in [6, 6.07) is 27.0. The molecule has 0 fully saturated rings. The lowest BCUT2D eigenvalue weighted by atomic mass is 10.2. The Kier molecular flexibility index (Phi) is 13.4. The van der Waals surface area contributed by atoms with Gasteiger partial charge in [0.05, 0.1) is 47.3 Å². The number of hydrogen-bond acceptors (Lipinski definition) is 12. The molecule has 0 spiro atoms. The zero-order chi connectivity index (χ0) is 34.0. The standard InChI is InChI=1S/C36H34N6O6/c1-4-35(43)46-23-7-6-22-45-32-17-12-30(13-18-32)40-42-34-21-16-31(24-26(34)3)41-39-28-10-8-27(9-11-28)37-38-29-14-19-33(20-15-29)47-25-48-36(44)5-2/h4-5,8-21,24H,1-2,6-7,22-23,25H2,3H3. The van der Waals surface area contributed by atoms with Crippen molar-refractivity contribution in [1.29, 1.82) is 0 Å². The summed E-state index contributed by atoms with van der Waals surface area (Å²) in [5.41, 5.74) is 4.94. The second-order valence-electron chi connectivity index (χ2n) is 9.93. The maximum Gasteiger partial charge on any atom is 0.333 e. The van der Waals surface area contributed by atoms with E-state index in [9.17, 15) is 9.59 Å². The number of rotatable bonds is 17. The molecule has 0 unspecified atom stereocenters. The number of azo groups is 3. The highest BCUT2D eigenvalue weighted by atomic mass is 16.7. The first-order valence-corrected chi connectivity index (χ1v) is 14.9. The molecule has 48 heavy (non-hydrogen) atoms. The van der Waals surface area contributed by atoms with Gasteiger partial charge >= 0.3 is 11.9 Å². The van der Waals surface area contributed by atoms with E-state index in [1.165, 1.54) is 0 Å². The van der Waals surface area contributed by atoms with Crippen LogP contribution < -0.4 is 9.47 Å². The quantitative estimate of drug-likeness (QED) is 0.0367. The lowest BCUT2D eigenvalue weighted by Gasteiger charge is -2.06. The molecular weight excluding hydrogens is 612 g/mol. The molecule has 0 saturated carbocycles. The maximum absolute atomic E-state index is 11.1. The number of aryl methyl sites for hydroxylation is 1. The van der Waals surface area contributed by atoms with E-state index in [1.807, 2.05) is 49.4 Å². The smallest absolute Gasteiger partial charge is 0.333 e. The van der Waals surface area contributed by atoms with Gasteiger partial charge in [0.2, 0.25) is 6.79 Å². The summed E-state index contributed by atoms with van der Waals surface area (Å²) in [4.78, 5) is 22.1. The molecule has 4 rings (SSSR count). The van der Waals surface area contributed by atoms with Crippen LogP contribution in [-0.2, 0) is 19.1 Å². The van der Waals surface area contributed by atoms with E-state index in [4.69, 9.17) is 18.9 Å². The summed E-state index contributed by atoms with van der Waals surface area (Å²) in [5, 5.41) is 25.8. The van der Waals surface area contributed by atoms with Crippen molar-refractivity contribution in [3.05, 3.63) is 122 Å². The fourth-order valence-corrected chi connectivity index (χ4v) is 3.80. The van der Waals surface area contributed by atoms with Crippen molar-refractivity contribution in [1.82, 2.24) is 0 Å². The van der Waals surface area contributed by atoms with E-state index in [0.717, 1.165) is 35.6 Å². The van der Waals surface area contributed by atoms with Gasteiger partial charge in [-0.3, -0.25) is 0 Å². The van der Waals surface area contributed by atoms with Crippen molar-refractivity contribution < 1.29 is 28.5 Å². The van der Waals surface area contributed by atoms with Crippen LogP contribution in [0.5, 0.6) is 11.5 Å². The topological polar surface area (TPSA) is 145 Å². The highest BCUT2D eigenvalue weighted by Gasteiger charge is 2.02. The first-order valence-electron chi connectivity index (χ1n) is 14.9. The van der Waals surface area contributed by atoms with E-state index in [1.54, 1.807) is 48.5 Å². The van der Waals surface area contributed by atoms with Crippen molar-refractivity contribution in [2.45, 2.75) is 19.8 Å². The van der Waals surface area contributed by atoms with Crippen LogP contribution in [0.3, 0.4) is 0 Å². The van der Waals surface area contributed by atoms with Gasteiger partial charge in [-0.1, -0.05) is 13.2 Å². The van der Waals surface area contributed by atoms with Gasteiger partial charge in [-0.25, -0.2) is 9.59 Å². The number of hydrogen-bond donors (Lipinski definition) is 0. The van der Waals surface area contributed by atoms with Gasteiger partial charge in [-0.2, -0.15) is 30.7 Å². The minimum Gasteiger partial charge on any atom is -0.494 e. The molecule has 0 bridgehead atoms. The van der Waals surface area contributed by atoms with Crippen LogP contribution >= 0.6 is 0 Å². The summed E-state index contributed by atoms with van der Waals surface area (Å²) >= 11 is 0. The monoisotopic (exact) mass is 646 g/mol. The highest BCUT2D eigenvalue weighted by Crippen LogP contribution is 2.29. The van der Waals surface area contributed by atoms with Crippen molar-refractivity contribution in [3.63, 3.8) is 0 Å². The summed E-state index contributed by atoms with van der Waals surface area (Å²) in [5.74, 6) is 0.279. The fraction of sp³-hybridized carbons (Fsp3) is 0.167. The zero-order valence-corrected chi connectivity index (χ0v) is 26.4. The minimum absolute atomic E-state index is 0.206. The molecule has 0 aliphatic heterocycles. The molecule has 0 aliphatic carbocycles. The summed E-state index contributed by atoms with van der Waals surface area (Å²) in [6.07, 6.45) is 3.69. The van der Waals surface area contributed by atoms with Crippen LogP contribution in [0.25, 0.3) is 0 Å². The van der Waals surface area contributed by atoms with Gasteiger partial charge in [-0.15, -0.1) is 0 Å². The van der Waals surface area contributed by atoms with E-state index in [2.05, 4.69) is 43.8 Å². The number of carbonyl (C=O) groups is 2. The number of nitrogens with zero attached hydrogens (tertiary/aromatic N) is 6. The van der Waals surface area contributed by atoms with Crippen LogP contribution in [0, 0.1) is 6.92 Å².